The van der Waals surface area contributed by atoms with Crippen molar-refractivity contribution in [1.82, 2.24) is 10.6 Å². The van der Waals surface area contributed by atoms with Crippen molar-refractivity contribution in [3.8, 4) is 5.75 Å². The van der Waals surface area contributed by atoms with Crippen LogP contribution in [0.1, 0.15) is 27.2 Å². The van der Waals surface area contributed by atoms with Gasteiger partial charge in [-0.2, -0.15) is 0 Å². The highest BCUT2D eigenvalue weighted by Gasteiger charge is 2.10. The molecule has 0 aliphatic heterocycles. The number of benzene rings is 2. The molecule has 0 atom stereocenters. The van der Waals surface area contributed by atoms with Crippen LogP contribution in [0.4, 0.5) is 0 Å². The van der Waals surface area contributed by atoms with E-state index in [2.05, 4.69) is 29.7 Å². The molecular weight excluding hydrogens is 356 g/mol. The summed E-state index contributed by atoms with van der Waals surface area (Å²) in [4.78, 5) is 23.6. The van der Waals surface area contributed by atoms with Gasteiger partial charge >= 0.3 is 0 Å². The molecule has 6 nitrogen and oxygen atoms in total. The maximum atomic E-state index is 11.9. The number of carbonyl (C=O) groups excluding carboxylic acids is 2. The lowest BCUT2D eigenvalue weighted by Gasteiger charge is -2.09. The van der Waals surface area contributed by atoms with Crippen molar-refractivity contribution in [2.45, 2.75) is 20.1 Å². The van der Waals surface area contributed by atoms with Crippen LogP contribution in [0.15, 0.2) is 71.3 Å². The highest BCUT2D eigenvalue weighted by Crippen LogP contribution is 2.14. The second kappa shape index (κ2) is 9.41. The van der Waals surface area contributed by atoms with Crippen molar-refractivity contribution in [2.24, 2.45) is 0 Å². The van der Waals surface area contributed by atoms with Gasteiger partial charge in [0.15, 0.2) is 5.76 Å². The van der Waals surface area contributed by atoms with Crippen LogP contribution in [0.5, 0.6) is 5.75 Å². The number of ether oxygens (including phenoxy) is 1. The molecule has 0 saturated carbocycles. The van der Waals surface area contributed by atoms with Crippen LogP contribution < -0.4 is 15.4 Å². The molecule has 0 unspecified atom stereocenters. The zero-order valence-electron chi connectivity index (χ0n) is 15.6. The summed E-state index contributed by atoms with van der Waals surface area (Å²) in [6.07, 6.45) is 1.41. The van der Waals surface area contributed by atoms with Crippen LogP contribution in [-0.2, 0) is 17.9 Å². The third-order valence-electron chi connectivity index (χ3n) is 4.06. The normalized spacial score (nSPS) is 10.3. The van der Waals surface area contributed by atoms with Crippen LogP contribution >= 0.6 is 0 Å². The molecule has 3 rings (SSSR count). The highest BCUT2D eigenvalue weighted by atomic mass is 16.5. The summed E-state index contributed by atoms with van der Waals surface area (Å²) in [6.45, 7) is 2.81. The molecule has 0 saturated heterocycles. The van der Waals surface area contributed by atoms with Crippen LogP contribution in [0.2, 0.25) is 0 Å². The van der Waals surface area contributed by atoms with E-state index in [0.717, 1.165) is 16.9 Å². The Morgan fingerprint density at radius 1 is 0.964 bits per heavy atom. The summed E-state index contributed by atoms with van der Waals surface area (Å²) in [5, 5.41) is 5.26. The van der Waals surface area contributed by atoms with E-state index >= 15 is 0 Å². The molecular formula is C22H22N2O4. The van der Waals surface area contributed by atoms with Gasteiger partial charge in [-0.25, -0.2) is 0 Å². The largest absolute Gasteiger partial charge is 0.489 e. The fourth-order valence-corrected chi connectivity index (χ4v) is 2.59. The van der Waals surface area contributed by atoms with E-state index in [9.17, 15) is 9.59 Å². The van der Waals surface area contributed by atoms with Crippen LogP contribution in [0, 0.1) is 6.92 Å². The van der Waals surface area contributed by atoms with Crippen LogP contribution in [-0.4, -0.2) is 18.4 Å². The van der Waals surface area contributed by atoms with Gasteiger partial charge in [-0.3, -0.25) is 9.59 Å². The van der Waals surface area contributed by atoms with Gasteiger partial charge in [0.05, 0.1) is 12.8 Å². The van der Waals surface area contributed by atoms with Crippen molar-refractivity contribution in [3.05, 3.63) is 89.4 Å². The molecule has 2 amide bonds. The Bertz CT molecular complexity index is 918. The monoisotopic (exact) mass is 378 g/mol. The van der Waals surface area contributed by atoms with Gasteiger partial charge in [0, 0.05) is 6.54 Å². The number of furan rings is 1. The van der Waals surface area contributed by atoms with Crippen molar-refractivity contribution in [1.29, 1.82) is 0 Å². The summed E-state index contributed by atoms with van der Waals surface area (Å²) in [5.41, 5.74) is 3.26. The second-order valence-electron chi connectivity index (χ2n) is 6.36. The summed E-state index contributed by atoms with van der Waals surface area (Å²) in [7, 11) is 0. The lowest BCUT2D eigenvalue weighted by molar-refractivity contribution is -0.120. The molecule has 144 valence electrons. The van der Waals surface area contributed by atoms with E-state index < -0.39 is 5.91 Å². The molecule has 0 aliphatic carbocycles. The van der Waals surface area contributed by atoms with Crippen LogP contribution in [0.3, 0.4) is 0 Å². The van der Waals surface area contributed by atoms with Gasteiger partial charge < -0.3 is 19.8 Å². The van der Waals surface area contributed by atoms with E-state index in [-0.39, 0.29) is 18.2 Å². The van der Waals surface area contributed by atoms with Crippen molar-refractivity contribution in [2.75, 3.05) is 6.54 Å². The molecule has 6 heteroatoms. The third kappa shape index (κ3) is 5.74. The zero-order chi connectivity index (χ0) is 19.8. The molecule has 0 radical (unpaired) electrons. The quantitative estimate of drug-likeness (QED) is 0.631. The van der Waals surface area contributed by atoms with Crippen molar-refractivity contribution < 1.29 is 18.7 Å². The molecule has 0 fully saturated rings. The maximum Gasteiger partial charge on any atom is 0.287 e. The molecule has 0 spiro atoms. The molecule has 0 bridgehead atoms. The molecule has 2 aromatic carbocycles. The first-order valence-electron chi connectivity index (χ1n) is 8.96. The first-order chi connectivity index (χ1) is 13.6. The minimum absolute atomic E-state index is 0.114. The van der Waals surface area contributed by atoms with Crippen molar-refractivity contribution in [3.63, 3.8) is 0 Å². The van der Waals surface area contributed by atoms with Gasteiger partial charge in [0.1, 0.15) is 12.4 Å². The predicted molar refractivity (Wildman–Crippen MR) is 105 cm³/mol. The fourth-order valence-electron chi connectivity index (χ4n) is 2.59. The molecule has 28 heavy (non-hydrogen) atoms. The van der Waals surface area contributed by atoms with Gasteiger partial charge in [-0.05, 0) is 42.3 Å². The average Bonchev–Trinajstić information content (AvgIpc) is 3.25. The lowest BCUT2D eigenvalue weighted by atomic mass is 10.1. The van der Waals surface area contributed by atoms with E-state index in [1.165, 1.54) is 17.9 Å². The maximum absolute atomic E-state index is 11.9. The van der Waals surface area contributed by atoms with Crippen molar-refractivity contribution >= 4 is 11.8 Å². The standard InChI is InChI=1S/C22H22N2O4/c1-16-4-2-5-18(12-16)15-28-19-9-7-17(8-10-19)13-23-21(25)14-24-22(26)20-6-3-11-27-20/h2-12H,13-15H2,1H3,(H,23,25)(H,24,26). The average molecular weight is 378 g/mol. The summed E-state index contributed by atoms with van der Waals surface area (Å²) >= 11 is 0. The Kier molecular flexibility index (Phi) is 6.46. The Labute approximate surface area is 163 Å². The molecule has 1 aromatic heterocycles. The zero-order valence-corrected chi connectivity index (χ0v) is 15.6. The van der Waals surface area contributed by atoms with E-state index in [4.69, 9.17) is 9.15 Å². The Morgan fingerprint density at radius 2 is 1.79 bits per heavy atom. The number of hydrogen-bond donors (Lipinski definition) is 2. The first kappa shape index (κ1) is 19.2. The number of hydrogen-bond acceptors (Lipinski definition) is 4. The lowest BCUT2D eigenvalue weighted by Crippen LogP contribution is -2.36. The highest BCUT2D eigenvalue weighted by molar-refractivity contribution is 5.94. The number of rotatable bonds is 8. The number of nitrogens with one attached hydrogen (secondary N) is 2. The van der Waals surface area contributed by atoms with Gasteiger partial charge in [-0.15, -0.1) is 0 Å². The summed E-state index contributed by atoms with van der Waals surface area (Å²) in [5.74, 6) is 0.242. The Morgan fingerprint density at radius 3 is 2.50 bits per heavy atom. The number of carbonyl (C=O) groups is 2. The minimum atomic E-state index is -0.421. The third-order valence-corrected chi connectivity index (χ3v) is 4.06. The Balaban J connectivity index is 1.40. The fraction of sp³-hybridized carbons (Fsp3) is 0.182. The van der Waals surface area contributed by atoms with E-state index in [0.29, 0.717) is 13.2 Å². The van der Waals surface area contributed by atoms with E-state index in [1.807, 2.05) is 36.4 Å². The Hall–Kier alpha value is -3.54. The minimum Gasteiger partial charge on any atom is -0.489 e. The first-order valence-corrected chi connectivity index (χ1v) is 8.96. The van der Waals surface area contributed by atoms with Gasteiger partial charge in [-0.1, -0.05) is 42.0 Å². The molecule has 2 N–H and O–H groups in total. The second-order valence-corrected chi connectivity index (χ2v) is 6.36. The topological polar surface area (TPSA) is 80.6 Å². The van der Waals surface area contributed by atoms with Crippen LogP contribution in [0.25, 0.3) is 0 Å². The van der Waals surface area contributed by atoms with Gasteiger partial charge in [0.2, 0.25) is 5.91 Å². The molecule has 0 aliphatic rings. The molecule has 3 aromatic rings. The number of aryl methyl sites for hydroxylation is 1. The summed E-state index contributed by atoms with van der Waals surface area (Å²) in [6, 6.07) is 18.9. The smallest absolute Gasteiger partial charge is 0.287 e. The number of amides is 2. The summed E-state index contributed by atoms with van der Waals surface area (Å²) < 4.78 is 10.8. The van der Waals surface area contributed by atoms with Gasteiger partial charge in [0.25, 0.3) is 5.91 Å². The SMILES string of the molecule is Cc1cccc(COc2ccc(CNC(=O)CNC(=O)c3ccco3)cc2)c1. The molecule has 1 heterocycles. The van der Waals surface area contributed by atoms with E-state index in [1.54, 1.807) is 6.07 Å². The predicted octanol–water partition coefficient (Wildman–Crippen LogP) is 3.21.